The number of halogens is 2. The van der Waals surface area contributed by atoms with Crippen molar-refractivity contribution in [2.45, 2.75) is 71.5 Å². The fourth-order valence-electron chi connectivity index (χ4n) is 4.21. The number of benzene rings is 2. The first-order chi connectivity index (χ1) is 15.8. The van der Waals surface area contributed by atoms with Gasteiger partial charge in [0, 0.05) is 22.6 Å². The molecule has 0 aliphatic heterocycles. The highest BCUT2D eigenvalue weighted by atomic mass is 35.5. The number of nitrogens with zero attached hydrogens (tertiary/aromatic N) is 1. The lowest BCUT2D eigenvalue weighted by atomic mass is 10.1. The Bertz CT molecular complexity index is 989. The van der Waals surface area contributed by atoms with E-state index in [0.717, 1.165) is 42.4 Å². The average molecular weight is 491 g/mol. The van der Waals surface area contributed by atoms with Crippen molar-refractivity contribution in [3.8, 4) is 5.75 Å². The minimum absolute atomic E-state index is 0.130. The summed E-state index contributed by atoms with van der Waals surface area (Å²) < 4.78 is 5.88. The smallest absolute Gasteiger partial charge is 0.261 e. The molecule has 1 unspecified atom stereocenters. The molecule has 0 spiro atoms. The van der Waals surface area contributed by atoms with Crippen molar-refractivity contribution >= 4 is 35.0 Å². The second-order valence-electron chi connectivity index (χ2n) is 8.73. The molecular formula is C26H32Cl2N2O3. The van der Waals surface area contributed by atoms with E-state index in [1.54, 1.807) is 23.1 Å². The molecule has 1 saturated carbocycles. The molecule has 2 aromatic rings. The van der Waals surface area contributed by atoms with Crippen LogP contribution in [0.3, 0.4) is 0 Å². The lowest BCUT2D eigenvalue weighted by Gasteiger charge is -2.31. The Kier molecular flexibility index (Phi) is 9.04. The molecule has 2 aromatic carbocycles. The quantitative estimate of drug-likeness (QED) is 0.479. The number of nitrogens with one attached hydrogen (secondary N) is 1. The predicted molar refractivity (Wildman–Crippen MR) is 133 cm³/mol. The van der Waals surface area contributed by atoms with E-state index >= 15 is 0 Å². The summed E-state index contributed by atoms with van der Waals surface area (Å²) in [5.41, 5.74) is 2.73. The van der Waals surface area contributed by atoms with Crippen LogP contribution in [0.1, 0.15) is 55.7 Å². The topological polar surface area (TPSA) is 58.6 Å². The minimum Gasteiger partial charge on any atom is -0.483 e. The van der Waals surface area contributed by atoms with E-state index < -0.39 is 6.04 Å². The molecule has 0 aromatic heterocycles. The number of rotatable bonds is 9. The van der Waals surface area contributed by atoms with Crippen molar-refractivity contribution in [1.82, 2.24) is 10.2 Å². The van der Waals surface area contributed by atoms with E-state index in [-0.39, 0.29) is 31.0 Å². The third-order valence-corrected chi connectivity index (χ3v) is 6.73. The first-order valence-electron chi connectivity index (χ1n) is 11.5. The normalized spacial score (nSPS) is 14.7. The SMILES string of the molecule is CCC(C(=O)NC1CCCC1)N(Cc1ccc(Cl)cc1Cl)C(=O)COc1cc(C)ccc1C. The molecule has 1 N–H and O–H groups in total. The molecule has 0 heterocycles. The molecule has 178 valence electrons. The van der Waals surface area contributed by atoms with Gasteiger partial charge in [0.1, 0.15) is 11.8 Å². The summed E-state index contributed by atoms with van der Waals surface area (Å²) in [6, 6.07) is 10.6. The zero-order chi connectivity index (χ0) is 24.0. The fraction of sp³-hybridized carbons (Fsp3) is 0.462. The Balaban J connectivity index is 1.81. The highest BCUT2D eigenvalue weighted by Crippen LogP contribution is 2.25. The van der Waals surface area contributed by atoms with E-state index in [9.17, 15) is 9.59 Å². The van der Waals surface area contributed by atoms with Gasteiger partial charge < -0.3 is 15.0 Å². The second kappa shape index (κ2) is 11.8. The van der Waals surface area contributed by atoms with Crippen molar-refractivity contribution in [2.24, 2.45) is 0 Å². The van der Waals surface area contributed by atoms with Crippen LogP contribution in [0.4, 0.5) is 0 Å². The predicted octanol–water partition coefficient (Wildman–Crippen LogP) is 5.86. The van der Waals surface area contributed by atoms with E-state index in [1.807, 2.05) is 39.0 Å². The van der Waals surface area contributed by atoms with Gasteiger partial charge in [-0.1, -0.05) is 61.2 Å². The van der Waals surface area contributed by atoms with Gasteiger partial charge in [-0.2, -0.15) is 0 Å². The van der Waals surface area contributed by atoms with Gasteiger partial charge >= 0.3 is 0 Å². The zero-order valence-corrected chi connectivity index (χ0v) is 21.0. The summed E-state index contributed by atoms with van der Waals surface area (Å²) in [7, 11) is 0. The van der Waals surface area contributed by atoms with Crippen LogP contribution >= 0.6 is 23.2 Å². The Morgan fingerprint density at radius 2 is 1.85 bits per heavy atom. The van der Waals surface area contributed by atoms with Gasteiger partial charge in [-0.05, 0) is 68.0 Å². The summed E-state index contributed by atoms with van der Waals surface area (Å²) in [4.78, 5) is 28.1. The molecule has 3 rings (SSSR count). The number of aryl methyl sites for hydroxylation is 2. The molecule has 5 nitrogen and oxygen atoms in total. The molecule has 0 saturated heterocycles. The number of carbonyl (C=O) groups excluding carboxylic acids is 2. The van der Waals surface area contributed by atoms with Crippen LogP contribution < -0.4 is 10.1 Å². The van der Waals surface area contributed by atoms with Crippen molar-refractivity contribution in [3.63, 3.8) is 0 Å². The standard InChI is InChI=1S/C26H32Cl2N2O3/c1-4-23(26(32)29-21-7-5-6-8-21)30(15-19-11-12-20(27)14-22(19)28)25(31)16-33-24-13-17(2)9-10-18(24)3/h9-14,21,23H,4-8,15-16H2,1-3H3,(H,29,32). The Labute approximate surface area is 206 Å². The van der Waals surface area contributed by atoms with E-state index in [2.05, 4.69) is 5.32 Å². The minimum atomic E-state index is -0.618. The summed E-state index contributed by atoms with van der Waals surface area (Å²) in [5.74, 6) is 0.265. The molecule has 2 amide bonds. The first kappa shape index (κ1) is 25.4. The van der Waals surface area contributed by atoms with Crippen LogP contribution in [-0.2, 0) is 16.1 Å². The highest BCUT2D eigenvalue weighted by molar-refractivity contribution is 6.35. The largest absolute Gasteiger partial charge is 0.483 e. The third-order valence-electron chi connectivity index (χ3n) is 6.14. The van der Waals surface area contributed by atoms with E-state index in [4.69, 9.17) is 27.9 Å². The number of hydrogen-bond acceptors (Lipinski definition) is 3. The molecular weight excluding hydrogens is 459 g/mol. The Morgan fingerprint density at radius 3 is 2.52 bits per heavy atom. The molecule has 0 bridgehead atoms. The molecule has 1 fully saturated rings. The zero-order valence-electron chi connectivity index (χ0n) is 19.5. The van der Waals surface area contributed by atoms with Crippen molar-refractivity contribution in [3.05, 3.63) is 63.1 Å². The summed E-state index contributed by atoms with van der Waals surface area (Å²) in [5, 5.41) is 4.12. The van der Waals surface area contributed by atoms with Gasteiger partial charge in [0.05, 0.1) is 0 Å². The lowest BCUT2D eigenvalue weighted by Crippen LogP contribution is -2.52. The van der Waals surface area contributed by atoms with Crippen molar-refractivity contribution in [2.75, 3.05) is 6.61 Å². The number of ether oxygens (including phenoxy) is 1. The monoisotopic (exact) mass is 490 g/mol. The van der Waals surface area contributed by atoms with E-state index in [0.29, 0.717) is 22.2 Å². The number of carbonyl (C=O) groups is 2. The number of hydrogen-bond donors (Lipinski definition) is 1. The van der Waals surface area contributed by atoms with Gasteiger partial charge in [-0.3, -0.25) is 9.59 Å². The maximum atomic E-state index is 13.4. The fourth-order valence-corrected chi connectivity index (χ4v) is 4.67. The van der Waals surface area contributed by atoms with Crippen LogP contribution in [0.5, 0.6) is 5.75 Å². The molecule has 1 atom stereocenters. The number of amides is 2. The Hall–Kier alpha value is -2.24. The van der Waals surface area contributed by atoms with E-state index in [1.165, 1.54) is 0 Å². The molecule has 0 radical (unpaired) electrons. The molecule has 1 aliphatic carbocycles. The van der Waals surface area contributed by atoms with Gasteiger partial charge in [-0.15, -0.1) is 0 Å². The third kappa shape index (κ3) is 6.87. The maximum absolute atomic E-state index is 13.4. The summed E-state index contributed by atoms with van der Waals surface area (Å²) in [6.45, 7) is 5.86. The van der Waals surface area contributed by atoms with Gasteiger partial charge in [0.2, 0.25) is 5.91 Å². The molecule has 1 aliphatic rings. The summed E-state index contributed by atoms with van der Waals surface area (Å²) >= 11 is 12.4. The second-order valence-corrected chi connectivity index (χ2v) is 9.57. The Morgan fingerprint density at radius 1 is 1.12 bits per heavy atom. The van der Waals surface area contributed by atoms with Crippen LogP contribution in [0.15, 0.2) is 36.4 Å². The van der Waals surface area contributed by atoms with Gasteiger partial charge in [0.25, 0.3) is 5.91 Å². The van der Waals surface area contributed by atoms with Crippen LogP contribution in [-0.4, -0.2) is 35.4 Å². The average Bonchev–Trinajstić information content (AvgIpc) is 3.28. The van der Waals surface area contributed by atoms with Crippen LogP contribution in [0.2, 0.25) is 10.0 Å². The maximum Gasteiger partial charge on any atom is 0.261 e. The van der Waals surface area contributed by atoms with Crippen molar-refractivity contribution in [1.29, 1.82) is 0 Å². The summed E-state index contributed by atoms with van der Waals surface area (Å²) in [6.07, 6.45) is 4.69. The lowest BCUT2D eigenvalue weighted by molar-refractivity contribution is -0.143. The molecule has 33 heavy (non-hydrogen) atoms. The highest BCUT2D eigenvalue weighted by Gasteiger charge is 2.31. The first-order valence-corrected chi connectivity index (χ1v) is 12.3. The van der Waals surface area contributed by atoms with Crippen LogP contribution in [0.25, 0.3) is 0 Å². The van der Waals surface area contributed by atoms with Crippen LogP contribution in [0, 0.1) is 13.8 Å². The van der Waals surface area contributed by atoms with Crippen molar-refractivity contribution < 1.29 is 14.3 Å². The molecule has 7 heteroatoms. The van der Waals surface area contributed by atoms with Gasteiger partial charge in [-0.25, -0.2) is 0 Å². The van der Waals surface area contributed by atoms with Gasteiger partial charge in [0.15, 0.2) is 6.61 Å².